The van der Waals surface area contributed by atoms with Crippen LogP contribution in [-0.4, -0.2) is 23.4 Å². The fourth-order valence-corrected chi connectivity index (χ4v) is 1.32. The molecule has 0 aliphatic carbocycles. The molecule has 1 unspecified atom stereocenters. The van der Waals surface area contributed by atoms with Gasteiger partial charge in [-0.1, -0.05) is 22.6 Å². The van der Waals surface area contributed by atoms with Gasteiger partial charge in [0.1, 0.15) is 0 Å². The van der Waals surface area contributed by atoms with Crippen molar-refractivity contribution in [1.82, 2.24) is 0 Å². The van der Waals surface area contributed by atoms with Gasteiger partial charge in [0, 0.05) is 11.0 Å². The Morgan fingerprint density at radius 2 is 2.45 bits per heavy atom. The minimum absolute atomic E-state index is 0.0773. The Hall–Kier alpha value is 0.650. The predicted octanol–water partition coefficient (Wildman–Crippen LogP) is 2.35. The maximum absolute atomic E-state index is 5.61. The van der Waals surface area contributed by atoms with Crippen molar-refractivity contribution in [2.45, 2.75) is 38.6 Å². The monoisotopic (exact) mass is 270 g/mol. The Morgan fingerprint density at radius 3 is 3.00 bits per heavy atom. The van der Waals surface area contributed by atoms with E-state index in [0.717, 1.165) is 17.5 Å². The highest BCUT2D eigenvalue weighted by Gasteiger charge is 2.16. The van der Waals surface area contributed by atoms with Gasteiger partial charge in [0.2, 0.25) is 0 Å². The van der Waals surface area contributed by atoms with Gasteiger partial charge in [0.15, 0.2) is 6.29 Å². The van der Waals surface area contributed by atoms with E-state index in [1.165, 1.54) is 12.8 Å². The molecule has 3 heteroatoms. The molecule has 0 saturated carbocycles. The van der Waals surface area contributed by atoms with E-state index in [0.29, 0.717) is 6.10 Å². The van der Waals surface area contributed by atoms with E-state index >= 15 is 0 Å². The van der Waals surface area contributed by atoms with E-state index in [-0.39, 0.29) is 6.29 Å². The van der Waals surface area contributed by atoms with Crippen molar-refractivity contribution in [1.29, 1.82) is 0 Å². The first-order chi connectivity index (χ1) is 5.33. The maximum Gasteiger partial charge on any atom is 0.157 e. The number of hydrogen-bond donors (Lipinski definition) is 0. The predicted molar refractivity (Wildman–Crippen MR) is 53.0 cm³/mol. The molecule has 0 N–H and O–H groups in total. The quantitative estimate of drug-likeness (QED) is 0.579. The summed E-state index contributed by atoms with van der Waals surface area (Å²) in [6, 6.07) is 0. The second kappa shape index (κ2) is 5.32. The highest BCUT2D eigenvalue weighted by molar-refractivity contribution is 14.1. The lowest BCUT2D eigenvalue weighted by Crippen LogP contribution is -2.27. The molecule has 1 heterocycles. The Kier molecular flexibility index (Phi) is 4.71. The van der Waals surface area contributed by atoms with Gasteiger partial charge in [0.05, 0.1) is 6.10 Å². The first-order valence-corrected chi connectivity index (χ1v) is 5.68. The van der Waals surface area contributed by atoms with Gasteiger partial charge in [-0.25, -0.2) is 0 Å². The van der Waals surface area contributed by atoms with Crippen LogP contribution in [0.2, 0.25) is 0 Å². The summed E-state index contributed by atoms with van der Waals surface area (Å²) in [6.07, 6.45) is 3.92. The van der Waals surface area contributed by atoms with Crippen LogP contribution in [-0.2, 0) is 9.47 Å². The minimum Gasteiger partial charge on any atom is -0.353 e. The zero-order valence-electron chi connectivity index (χ0n) is 6.88. The number of rotatable bonds is 3. The molecule has 1 aliphatic rings. The van der Waals surface area contributed by atoms with Crippen LogP contribution < -0.4 is 0 Å². The van der Waals surface area contributed by atoms with Crippen molar-refractivity contribution < 1.29 is 9.47 Å². The zero-order valence-corrected chi connectivity index (χ0v) is 9.04. The molecule has 1 saturated heterocycles. The number of ether oxygens (including phenoxy) is 2. The van der Waals surface area contributed by atoms with E-state index in [9.17, 15) is 0 Å². The van der Waals surface area contributed by atoms with Crippen molar-refractivity contribution in [3.8, 4) is 0 Å². The minimum atomic E-state index is 0.0773. The Balaban J connectivity index is 2.13. The van der Waals surface area contributed by atoms with Crippen LogP contribution in [0.5, 0.6) is 0 Å². The summed E-state index contributed by atoms with van der Waals surface area (Å²) < 4.78 is 12.1. The lowest BCUT2D eigenvalue weighted by atomic mass is 10.2. The number of hydrogen-bond acceptors (Lipinski definition) is 2. The van der Waals surface area contributed by atoms with Gasteiger partial charge < -0.3 is 9.47 Å². The third-order valence-electron chi connectivity index (χ3n) is 1.74. The number of halogens is 1. The highest BCUT2D eigenvalue weighted by atomic mass is 127. The summed E-state index contributed by atoms with van der Waals surface area (Å²) in [4.78, 5) is 0. The second-order valence-corrected chi connectivity index (χ2v) is 3.78. The standard InChI is InChI=1S/C8H15IO2/c1-7(6-9)11-8-4-2-3-5-10-8/h7-8H,2-6H2,1H3/t7-,8?/m1/s1. The fourth-order valence-electron chi connectivity index (χ4n) is 1.11. The summed E-state index contributed by atoms with van der Waals surface area (Å²) in [7, 11) is 0. The van der Waals surface area contributed by atoms with Gasteiger partial charge in [-0.15, -0.1) is 0 Å². The molecule has 1 aliphatic heterocycles. The lowest BCUT2D eigenvalue weighted by Gasteiger charge is -2.25. The smallest absolute Gasteiger partial charge is 0.157 e. The van der Waals surface area contributed by atoms with Gasteiger partial charge in [-0.3, -0.25) is 0 Å². The molecular formula is C8H15IO2. The summed E-state index contributed by atoms with van der Waals surface area (Å²) in [5, 5.41) is 0. The van der Waals surface area contributed by atoms with Crippen molar-refractivity contribution in [3.63, 3.8) is 0 Å². The molecule has 0 amide bonds. The molecule has 11 heavy (non-hydrogen) atoms. The third-order valence-corrected chi connectivity index (χ3v) is 2.98. The van der Waals surface area contributed by atoms with Gasteiger partial charge >= 0.3 is 0 Å². The molecule has 2 atom stereocenters. The molecule has 0 aromatic heterocycles. The molecule has 1 rings (SSSR count). The molecule has 0 radical (unpaired) electrons. The molecule has 1 fully saturated rings. The van der Waals surface area contributed by atoms with Crippen LogP contribution in [0.1, 0.15) is 26.2 Å². The normalized spacial score (nSPS) is 28.4. The summed E-state index contributed by atoms with van der Waals surface area (Å²) >= 11 is 2.33. The third kappa shape index (κ3) is 3.71. The Morgan fingerprint density at radius 1 is 1.64 bits per heavy atom. The van der Waals surface area contributed by atoms with Gasteiger partial charge in [-0.2, -0.15) is 0 Å². The zero-order chi connectivity index (χ0) is 8.10. The van der Waals surface area contributed by atoms with Crippen LogP contribution in [0.25, 0.3) is 0 Å². The number of alkyl halides is 1. The molecule has 0 bridgehead atoms. The Labute approximate surface area is 81.8 Å². The van der Waals surface area contributed by atoms with E-state index in [1.54, 1.807) is 0 Å². The van der Waals surface area contributed by atoms with E-state index in [2.05, 4.69) is 29.5 Å². The summed E-state index contributed by atoms with van der Waals surface area (Å²) in [5.41, 5.74) is 0. The molecule has 0 aromatic carbocycles. The van der Waals surface area contributed by atoms with Crippen molar-refractivity contribution >= 4 is 22.6 Å². The van der Waals surface area contributed by atoms with E-state index in [1.807, 2.05) is 0 Å². The fraction of sp³-hybridized carbons (Fsp3) is 1.00. The van der Waals surface area contributed by atoms with Crippen LogP contribution in [0.3, 0.4) is 0 Å². The first kappa shape index (κ1) is 9.74. The van der Waals surface area contributed by atoms with Crippen LogP contribution in [0, 0.1) is 0 Å². The summed E-state index contributed by atoms with van der Waals surface area (Å²) in [5.74, 6) is 0. The molecule has 66 valence electrons. The van der Waals surface area contributed by atoms with E-state index in [4.69, 9.17) is 9.47 Å². The average molecular weight is 270 g/mol. The van der Waals surface area contributed by atoms with Crippen LogP contribution >= 0.6 is 22.6 Å². The maximum atomic E-state index is 5.61. The molecule has 0 spiro atoms. The largest absolute Gasteiger partial charge is 0.353 e. The molecule has 0 aromatic rings. The van der Waals surface area contributed by atoms with Crippen LogP contribution in [0.15, 0.2) is 0 Å². The SMILES string of the molecule is C[C@H](CI)OC1CCCCO1. The average Bonchev–Trinajstić information content (AvgIpc) is 2.06. The van der Waals surface area contributed by atoms with E-state index < -0.39 is 0 Å². The Bertz CT molecular complexity index is 102. The van der Waals surface area contributed by atoms with Crippen molar-refractivity contribution in [3.05, 3.63) is 0 Å². The second-order valence-electron chi connectivity index (χ2n) is 2.90. The lowest BCUT2D eigenvalue weighted by molar-refractivity contribution is -0.179. The summed E-state index contributed by atoms with van der Waals surface area (Å²) in [6.45, 7) is 2.96. The topological polar surface area (TPSA) is 18.5 Å². The molecular weight excluding hydrogens is 255 g/mol. The highest BCUT2D eigenvalue weighted by Crippen LogP contribution is 2.15. The van der Waals surface area contributed by atoms with Crippen molar-refractivity contribution in [2.75, 3.05) is 11.0 Å². The first-order valence-electron chi connectivity index (χ1n) is 4.16. The molecule has 2 nitrogen and oxygen atoms in total. The van der Waals surface area contributed by atoms with Crippen molar-refractivity contribution in [2.24, 2.45) is 0 Å². The van der Waals surface area contributed by atoms with Crippen LogP contribution in [0.4, 0.5) is 0 Å². The van der Waals surface area contributed by atoms with Gasteiger partial charge in [0.25, 0.3) is 0 Å². The van der Waals surface area contributed by atoms with Gasteiger partial charge in [-0.05, 0) is 26.2 Å².